The fraction of sp³-hybridized carbons (Fsp3) is 0.538. The van der Waals surface area contributed by atoms with Gasteiger partial charge in [0, 0.05) is 12.7 Å². The summed E-state index contributed by atoms with van der Waals surface area (Å²) in [4.78, 5) is 6.60. The molecule has 1 aliphatic carbocycles. The normalized spacial score (nSPS) is 24.5. The Bertz CT molecular complexity index is 637. The number of anilines is 1. The fourth-order valence-electron chi connectivity index (χ4n) is 3.22. The van der Waals surface area contributed by atoms with Crippen molar-refractivity contribution in [2.45, 2.75) is 25.3 Å². The second-order valence-corrected chi connectivity index (χ2v) is 6.05. The van der Waals surface area contributed by atoms with Gasteiger partial charge in [-0.25, -0.2) is 4.52 Å². The first-order chi connectivity index (χ1) is 9.21. The van der Waals surface area contributed by atoms with E-state index in [4.69, 9.17) is 11.6 Å². The van der Waals surface area contributed by atoms with E-state index in [1.54, 1.807) is 4.52 Å². The number of nitrogens with zero attached hydrogens (tertiary/aromatic N) is 4. The van der Waals surface area contributed by atoms with E-state index >= 15 is 0 Å². The van der Waals surface area contributed by atoms with Crippen LogP contribution in [0.3, 0.4) is 0 Å². The zero-order valence-corrected chi connectivity index (χ0v) is 11.2. The summed E-state index contributed by atoms with van der Waals surface area (Å²) < 4.78 is 1.75. The number of aromatic nitrogens is 3. The van der Waals surface area contributed by atoms with Gasteiger partial charge in [0.2, 0.25) is 5.28 Å². The summed E-state index contributed by atoms with van der Waals surface area (Å²) in [5.41, 5.74) is 1.36. The molecule has 0 amide bonds. The van der Waals surface area contributed by atoms with Gasteiger partial charge < -0.3 is 10.0 Å². The van der Waals surface area contributed by atoms with Crippen molar-refractivity contribution in [3.8, 4) is 0 Å². The summed E-state index contributed by atoms with van der Waals surface area (Å²) in [5.74, 6) is 0.841. The van der Waals surface area contributed by atoms with Crippen LogP contribution in [0.15, 0.2) is 18.3 Å². The van der Waals surface area contributed by atoms with Crippen molar-refractivity contribution in [3.05, 3.63) is 23.6 Å². The summed E-state index contributed by atoms with van der Waals surface area (Å²) in [6, 6.07) is 4.06. The summed E-state index contributed by atoms with van der Waals surface area (Å²) in [6.45, 7) is 1.13. The van der Waals surface area contributed by atoms with Crippen LogP contribution in [-0.2, 0) is 0 Å². The summed E-state index contributed by atoms with van der Waals surface area (Å²) in [7, 11) is 0. The molecule has 0 bridgehead atoms. The van der Waals surface area contributed by atoms with Crippen molar-refractivity contribution in [1.29, 1.82) is 0 Å². The Morgan fingerprint density at radius 1 is 1.47 bits per heavy atom. The highest BCUT2D eigenvalue weighted by molar-refractivity contribution is 6.28. The number of hydrogen-bond donors (Lipinski definition) is 1. The number of hydrogen-bond acceptors (Lipinski definition) is 4. The molecule has 2 fully saturated rings. The maximum atomic E-state index is 9.62. The molecule has 100 valence electrons. The second-order valence-electron chi connectivity index (χ2n) is 5.71. The highest BCUT2D eigenvalue weighted by Gasteiger charge is 2.52. The van der Waals surface area contributed by atoms with Gasteiger partial charge in [-0.05, 0) is 48.4 Å². The van der Waals surface area contributed by atoms with E-state index in [9.17, 15) is 5.11 Å². The average Bonchev–Trinajstić information content (AvgIpc) is 2.84. The molecule has 5 nitrogen and oxygen atoms in total. The molecule has 2 aromatic heterocycles. The van der Waals surface area contributed by atoms with Crippen molar-refractivity contribution in [2.75, 3.05) is 18.1 Å². The molecule has 0 aromatic carbocycles. The topological polar surface area (TPSA) is 53.7 Å². The number of fused-ring (bicyclic) bond motifs is 1. The Balaban J connectivity index is 1.82. The molecule has 1 N–H and O–H groups in total. The van der Waals surface area contributed by atoms with Gasteiger partial charge in [-0.2, -0.15) is 4.98 Å². The third kappa shape index (κ3) is 1.72. The lowest BCUT2D eigenvalue weighted by Crippen LogP contribution is -2.33. The van der Waals surface area contributed by atoms with E-state index in [1.807, 2.05) is 18.3 Å². The summed E-state index contributed by atoms with van der Waals surface area (Å²) in [6.07, 6.45) is 5.44. The molecule has 1 atom stereocenters. The van der Waals surface area contributed by atoms with E-state index < -0.39 is 0 Å². The molecule has 1 saturated heterocycles. The third-order valence-electron chi connectivity index (χ3n) is 4.40. The molecule has 3 heterocycles. The van der Waals surface area contributed by atoms with Crippen LogP contribution in [0, 0.1) is 5.41 Å². The molecule has 4 rings (SSSR count). The van der Waals surface area contributed by atoms with E-state index in [0.29, 0.717) is 5.41 Å². The van der Waals surface area contributed by atoms with Crippen LogP contribution in [-0.4, -0.2) is 38.9 Å². The molecule has 2 aromatic rings. The zero-order valence-electron chi connectivity index (χ0n) is 10.5. The average molecular weight is 279 g/mol. The lowest BCUT2D eigenvalue weighted by Gasteiger charge is -2.24. The van der Waals surface area contributed by atoms with Crippen LogP contribution >= 0.6 is 11.6 Å². The molecular weight excluding hydrogens is 264 g/mol. The molecule has 0 unspecified atom stereocenters. The zero-order chi connectivity index (χ0) is 13.0. The van der Waals surface area contributed by atoms with Crippen molar-refractivity contribution in [2.24, 2.45) is 5.41 Å². The van der Waals surface area contributed by atoms with E-state index in [1.165, 1.54) is 12.8 Å². The first-order valence-electron chi connectivity index (χ1n) is 6.59. The van der Waals surface area contributed by atoms with Crippen LogP contribution < -0.4 is 4.90 Å². The summed E-state index contributed by atoms with van der Waals surface area (Å²) in [5, 5.41) is 14.0. The Labute approximate surface area is 115 Å². The number of rotatable bonds is 2. The molecule has 6 heteroatoms. The highest BCUT2D eigenvalue weighted by Crippen LogP contribution is 2.55. The minimum Gasteiger partial charge on any atom is -0.394 e. The Morgan fingerprint density at radius 2 is 2.32 bits per heavy atom. The minimum atomic E-state index is 0.146. The lowest BCUT2D eigenvalue weighted by atomic mass is 10.0. The molecule has 1 aliphatic heterocycles. The van der Waals surface area contributed by atoms with Crippen LogP contribution in [0.5, 0.6) is 0 Å². The largest absolute Gasteiger partial charge is 0.394 e. The quantitative estimate of drug-likeness (QED) is 0.909. The van der Waals surface area contributed by atoms with Crippen molar-refractivity contribution < 1.29 is 5.11 Å². The molecule has 19 heavy (non-hydrogen) atoms. The molecule has 1 spiro atoms. The van der Waals surface area contributed by atoms with Gasteiger partial charge in [-0.15, -0.1) is 5.10 Å². The van der Waals surface area contributed by atoms with Gasteiger partial charge in [0.05, 0.1) is 12.6 Å². The molecule has 1 saturated carbocycles. The first-order valence-corrected chi connectivity index (χ1v) is 6.97. The SMILES string of the molecule is OC[C@@H]1CC2(CC2)CN1c1nc(Cl)nn2cccc12. The maximum absolute atomic E-state index is 9.62. The minimum absolute atomic E-state index is 0.146. The standard InChI is InChI=1S/C13H15ClN4O/c14-12-15-11(10-2-1-5-18(10)16-12)17-8-13(3-4-13)6-9(17)7-19/h1-2,5,9,19H,3-4,6-8H2/t9-/m0/s1. The Morgan fingerprint density at radius 3 is 3.05 bits per heavy atom. The van der Waals surface area contributed by atoms with Gasteiger partial charge in [0.15, 0.2) is 5.82 Å². The second kappa shape index (κ2) is 3.84. The number of aliphatic hydroxyl groups excluding tert-OH is 1. The number of aliphatic hydroxyl groups is 1. The van der Waals surface area contributed by atoms with E-state index in [2.05, 4.69) is 15.0 Å². The molecular formula is C13H15ClN4O. The predicted octanol–water partition coefficient (Wildman–Crippen LogP) is 1.73. The smallest absolute Gasteiger partial charge is 0.243 e. The summed E-state index contributed by atoms with van der Waals surface area (Å²) >= 11 is 6.00. The molecule has 2 aliphatic rings. The van der Waals surface area contributed by atoms with Gasteiger partial charge in [-0.1, -0.05) is 0 Å². The van der Waals surface area contributed by atoms with E-state index in [-0.39, 0.29) is 17.9 Å². The number of halogens is 1. The molecule has 0 radical (unpaired) electrons. The first kappa shape index (κ1) is 11.5. The maximum Gasteiger partial charge on any atom is 0.243 e. The van der Waals surface area contributed by atoms with Crippen LogP contribution in [0.25, 0.3) is 5.52 Å². The van der Waals surface area contributed by atoms with Crippen LogP contribution in [0.1, 0.15) is 19.3 Å². The van der Waals surface area contributed by atoms with Crippen LogP contribution in [0.2, 0.25) is 5.28 Å². The van der Waals surface area contributed by atoms with E-state index in [0.717, 1.165) is 24.3 Å². The van der Waals surface area contributed by atoms with Gasteiger partial charge in [0.1, 0.15) is 5.52 Å². The van der Waals surface area contributed by atoms with Gasteiger partial charge in [0.25, 0.3) is 0 Å². The third-order valence-corrected chi connectivity index (χ3v) is 4.56. The monoisotopic (exact) mass is 278 g/mol. The van der Waals surface area contributed by atoms with Crippen molar-refractivity contribution in [1.82, 2.24) is 14.6 Å². The Kier molecular flexibility index (Phi) is 2.32. The Hall–Kier alpha value is -1.33. The fourth-order valence-corrected chi connectivity index (χ4v) is 3.38. The lowest BCUT2D eigenvalue weighted by molar-refractivity contribution is 0.261. The van der Waals surface area contributed by atoms with Gasteiger partial charge in [-0.3, -0.25) is 0 Å². The van der Waals surface area contributed by atoms with Crippen molar-refractivity contribution in [3.63, 3.8) is 0 Å². The van der Waals surface area contributed by atoms with Crippen molar-refractivity contribution >= 4 is 22.9 Å². The predicted molar refractivity (Wildman–Crippen MR) is 72.5 cm³/mol. The highest BCUT2D eigenvalue weighted by atomic mass is 35.5. The van der Waals surface area contributed by atoms with Crippen LogP contribution in [0.4, 0.5) is 5.82 Å². The van der Waals surface area contributed by atoms with Gasteiger partial charge >= 0.3 is 0 Å².